The van der Waals surface area contributed by atoms with Gasteiger partial charge in [0.15, 0.2) is 10.8 Å². The van der Waals surface area contributed by atoms with Crippen molar-refractivity contribution in [3.63, 3.8) is 0 Å². The summed E-state index contributed by atoms with van der Waals surface area (Å²) in [6, 6.07) is 5.16. The van der Waals surface area contributed by atoms with Crippen molar-refractivity contribution >= 4 is 23.4 Å². The summed E-state index contributed by atoms with van der Waals surface area (Å²) in [5, 5.41) is 20.9. The second-order valence-electron chi connectivity index (χ2n) is 4.43. The minimum Gasteiger partial charge on any atom is -0.480 e. The average Bonchev–Trinajstić information content (AvgIpc) is 2.77. The zero-order valence-electron chi connectivity index (χ0n) is 10.8. The molecule has 2 N–H and O–H groups in total. The number of thioether (sulfide) groups is 1. The van der Waals surface area contributed by atoms with Crippen LogP contribution in [0.1, 0.15) is 13.8 Å². The molecule has 102 valence electrons. The first-order valence-corrected chi connectivity index (χ1v) is 6.98. The van der Waals surface area contributed by atoms with E-state index in [4.69, 9.17) is 5.11 Å². The normalized spacial score (nSPS) is 13.0. The van der Waals surface area contributed by atoms with Crippen molar-refractivity contribution in [1.82, 2.24) is 19.9 Å². The summed E-state index contributed by atoms with van der Waals surface area (Å²) < 4.78 is 1.85. The fourth-order valence-electron chi connectivity index (χ4n) is 1.67. The van der Waals surface area contributed by atoms with Gasteiger partial charge < -0.3 is 10.4 Å². The van der Waals surface area contributed by atoms with Gasteiger partial charge in [-0.3, -0.25) is 9.20 Å². The van der Waals surface area contributed by atoms with Crippen LogP contribution in [0.15, 0.2) is 29.6 Å². The minimum absolute atomic E-state index is 0.122. The molecule has 2 heterocycles. The van der Waals surface area contributed by atoms with Crippen molar-refractivity contribution in [1.29, 1.82) is 0 Å². The van der Waals surface area contributed by atoms with E-state index < -0.39 is 12.0 Å². The van der Waals surface area contributed by atoms with E-state index in [0.29, 0.717) is 10.9 Å². The predicted octanol–water partition coefficient (Wildman–Crippen LogP) is 1.27. The van der Waals surface area contributed by atoms with E-state index in [1.807, 2.05) is 42.6 Å². The Morgan fingerprint density at radius 2 is 2.26 bits per heavy atom. The molecule has 0 aromatic carbocycles. The van der Waals surface area contributed by atoms with E-state index >= 15 is 0 Å². The molecular weight excluding hydrogens is 264 g/mol. The highest BCUT2D eigenvalue weighted by atomic mass is 32.2. The molecule has 0 radical (unpaired) electrons. The Balaban J connectivity index is 2.06. The first-order chi connectivity index (χ1) is 9.08. The number of rotatable bonds is 6. The van der Waals surface area contributed by atoms with Gasteiger partial charge in [0, 0.05) is 18.0 Å². The van der Waals surface area contributed by atoms with Crippen molar-refractivity contribution in [3.8, 4) is 0 Å². The maximum atomic E-state index is 11.1. The second-order valence-corrected chi connectivity index (χ2v) is 5.42. The summed E-state index contributed by atoms with van der Waals surface area (Å²) in [7, 11) is 0. The zero-order chi connectivity index (χ0) is 13.8. The van der Waals surface area contributed by atoms with Gasteiger partial charge in [0.25, 0.3) is 0 Å². The number of carboxylic acid groups (broad SMARTS) is 1. The minimum atomic E-state index is -0.852. The number of nitrogens with zero attached hydrogens (tertiary/aromatic N) is 3. The van der Waals surface area contributed by atoms with Crippen LogP contribution in [0.4, 0.5) is 0 Å². The monoisotopic (exact) mass is 280 g/mol. The van der Waals surface area contributed by atoms with E-state index in [1.54, 1.807) is 0 Å². The van der Waals surface area contributed by atoms with Gasteiger partial charge >= 0.3 is 5.97 Å². The first-order valence-electron chi connectivity index (χ1n) is 5.99. The lowest BCUT2D eigenvalue weighted by Crippen LogP contribution is -2.42. The van der Waals surface area contributed by atoms with Crippen LogP contribution < -0.4 is 5.32 Å². The van der Waals surface area contributed by atoms with E-state index in [-0.39, 0.29) is 6.04 Å². The Labute approximate surface area is 115 Å². The summed E-state index contributed by atoms with van der Waals surface area (Å²) >= 11 is 1.38. The predicted molar refractivity (Wildman–Crippen MR) is 73.4 cm³/mol. The molecule has 0 fully saturated rings. The van der Waals surface area contributed by atoms with Gasteiger partial charge in [0.05, 0.1) is 0 Å². The third kappa shape index (κ3) is 3.45. The number of carboxylic acids is 1. The Bertz CT molecular complexity index is 570. The third-order valence-corrected chi connectivity index (χ3v) is 3.53. The Kier molecular flexibility index (Phi) is 4.39. The largest absolute Gasteiger partial charge is 0.480 e. The molecule has 1 atom stereocenters. The molecule has 0 aliphatic rings. The SMILES string of the molecule is CC(C)NC(CSc1nnc2ccccn12)C(=O)O. The van der Waals surface area contributed by atoms with Gasteiger partial charge in [-0.2, -0.15) is 0 Å². The molecule has 6 nitrogen and oxygen atoms in total. The lowest BCUT2D eigenvalue weighted by Gasteiger charge is -2.16. The van der Waals surface area contributed by atoms with Crippen LogP contribution in [-0.4, -0.2) is 43.5 Å². The third-order valence-electron chi connectivity index (χ3n) is 2.49. The molecule has 0 bridgehead atoms. The molecule has 2 aromatic rings. The molecule has 0 aliphatic carbocycles. The van der Waals surface area contributed by atoms with E-state index in [1.165, 1.54) is 11.8 Å². The lowest BCUT2D eigenvalue weighted by molar-refractivity contribution is -0.139. The number of aromatic nitrogens is 3. The molecule has 2 rings (SSSR count). The summed E-state index contributed by atoms with van der Waals surface area (Å²) in [5.74, 6) is -0.446. The quantitative estimate of drug-likeness (QED) is 0.776. The number of nitrogens with one attached hydrogen (secondary N) is 1. The van der Waals surface area contributed by atoms with Crippen LogP contribution in [0.3, 0.4) is 0 Å². The number of hydrogen-bond donors (Lipinski definition) is 2. The van der Waals surface area contributed by atoms with Crippen LogP contribution in [0.25, 0.3) is 5.65 Å². The van der Waals surface area contributed by atoms with Crippen LogP contribution in [0.5, 0.6) is 0 Å². The molecular formula is C12H16N4O2S. The average molecular weight is 280 g/mol. The fraction of sp³-hybridized carbons (Fsp3) is 0.417. The molecule has 0 saturated heterocycles. The maximum absolute atomic E-state index is 11.1. The van der Waals surface area contributed by atoms with E-state index in [2.05, 4.69) is 15.5 Å². The number of aliphatic carboxylic acids is 1. The number of hydrogen-bond acceptors (Lipinski definition) is 5. The van der Waals surface area contributed by atoms with E-state index in [0.717, 1.165) is 5.65 Å². The summed E-state index contributed by atoms with van der Waals surface area (Å²) in [4.78, 5) is 11.1. The van der Waals surface area contributed by atoms with Crippen molar-refractivity contribution in [2.75, 3.05) is 5.75 Å². The number of fused-ring (bicyclic) bond motifs is 1. The maximum Gasteiger partial charge on any atom is 0.321 e. The summed E-state index contributed by atoms with van der Waals surface area (Å²) in [6.07, 6.45) is 1.86. The van der Waals surface area contributed by atoms with Crippen molar-refractivity contribution in [2.24, 2.45) is 0 Å². The zero-order valence-corrected chi connectivity index (χ0v) is 11.6. The first kappa shape index (κ1) is 13.8. The Morgan fingerprint density at radius 1 is 1.47 bits per heavy atom. The number of carbonyl (C=O) groups is 1. The lowest BCUT2D eigenvalue weighted by atomic mass is 10.3. The summed E-state index contributed by atoms with van der Waals surface area (Å²) in [6.45, 7) is 3.85. The highest BCUT2D eigenvalue weighted by Crippen LogP contribution is 2.17. The molecule has 1 unspecified atom stereocenters. The van der Waals surface area contributed by atoms with Gasteiger partial charge in [-0.15, -0.1) is 10.2 Å². The van der Waals surface area contributed by atoms with Gasteiger partial charge in [-0.25, -0.2) is 0 Å². The highest BCUT2D eigenvalue weighted by molar-refractivity contribution is 7.99. The summed E-state index contributed by atoms with van der Waals surface area (Å²) in [5.41, 5.74) is 0.758. The standard InChI is InChI=1S/C12H16N4O2S/c1-8(2)13-9(11(17)18)7-19-12-15-14-10-5-3-4-6-16(10)12/h3-6,8-9,13H,7H2,1-2H3,(H,17,18). The van der Waals surface area contributed by atoms with Crippen LogP contribution in [-0.2, 0) is 4.79 Å². The topological polar surface area (TPSA) is 79.5 Å². The molecule has 0 amide bonds. The van der Waals surface area contributed by atoms with Crippen LogP contribution >= 0.6 is 11.8 Å². The molecule has 0 spiro atoms. The molecule has 19 heavy (non-hydrogen) atoms. The van der Waals surface area contributed by atoms with Gasteiger partial charge in [0.1, 0.15) is 6.04 Å². The van der Waals surface area contributed by atoms with Crippen LogP contribution in [0.2, 0.25) is 0 Å². The van der Waals surface area contributed by atoms with Gasteiger partial charge in [0.2, 0.25) is 0 Å². The smallest absolute Gasteiger partial charge is 0.321 e. The molecule has 7 heteroatoms. The number of pyridine rings is 1. The van der Waals surface area contributed by atoms with Crippen molar-refractivity contribution in [2.45, 2.75) is 31.1 Å². The molecule has 2 aromatic heterocycles. The fourth-order valence-corrected chi connectivity index (χ4v) is 2.62. The van der Waals surface area contributed by atoms with Crippen molar-refractivity contribution in [3.05, 3.63) is 24.4 Å². The van der Waals surface area contributed by atoms with Crippen LogP contribution in [0, 0.1) is 0 Å². The second kappa shape index (κ2) is 6.03. The Morgan fingerprint density at radius 3 is 2.95 bits per heavy atom. The molecule has 0 aliphatic heterocycles. The van der Waals surface area contributed by atoms with E-state index in [9.17, 15) is 4.79 Å². The highest BCUT2D eigenvalue weighted by Gasteiger charge is 2.19. The van der Waals surface area contributed by atoms with Gasteiger partial charge in [-0.05, 0) is 12.1 Å². The Hall–Kier alpha value is -1.60. The van der Waals surface area contributed by atoms with Crippen molar-refractivity contribution < 1.29 is 9.90 Å². The van der Waals surface area contributed by atoms with Gasteiger partial charge in [-0.1, -0.05) is 31.7 Å². The molecule has 0 saturated carbocycles.